The van der Waals surface area contributed by atoms with Gasteiger partial charge in [0.25, 0.3) is 0 Å². The molecule has 0 aliphatic carbocycles. The van der Waals surface area contributed by atoms with Crippen molar-refractivity contribution in [1.29, 1.82) is 0 Å². The first kappa shape index (κ1) is 14.7. The summed E-state index contributed by atoms with van der Waals surface area (Å²) < 4.78 is 5.63. The monoisotopic (exact) mass is 241 g/mol. The molecule has 0 saturated carbocycles. The van der Waals surface area contributed by atoms with Crippen LogP contribution >= 0.6 is 0 Å². The molecular formula is C14H27NO2. The normalized spacial score (nSPS) is 26.8. The van der Waals surface area contributed by atoms with Gasteiger partial charge in [-0.2, -0.15) is 0 Å². The lowest BCUT2D eigenvalue weighted by molar-refractivity contribution is -0.128. The lowest BCUT2D eigenvalue weighted by Gasteiger charge is -2.36. The van der Waals surface area contributed by atoms with E-state index in [0.29, 0.717) is 24.2 Å². The molecule has 1 fully saturated rings. The van der Waals surface area contributed by atoms with Gasteiger partial charge in [-0.05, 0) is 19.3 Å². The fourth-order valence-electron chi connectivity index (χ4n) is 2.19. The molecule has 1 rings (SSSR count). The predicted molar refractivity (Wildman–Crippen MR) is 70.1 cm³/mol. The topological polar surface area (TPSA) is 29.5 Å². The van der Waals surface area contributed by atoms with Gasteiger partial charge in [-0.3, -0.25) is 9.69 Å². The van der Waals surface area contributed by atoms with Crippen LogP contribution in [0.2, 0.25) is 0 Å². The first-order valence-corrected chi connectivity index (χ1v) is 6.87. The molecule has 0 radical (unpaired) electrons. The molecule has 0 N–H and O–H groups in total. The van der Waals surface area contributed by atoms with E-state index < -0.39 is 0 Å². The minimum Gasteiger partial charge on any atom is -0.380 e. The molecule has 17 heavy (non-hydrogen) atoms. The van der Waals surface area contributed by atoms with Crippen LogP contribution in [-0.2, 0) is 9.53 Å². The van der Waals surface area contributed by atoms with Gasteiger partial charge in [0.15, 0.2) is 0 Å². The summed E-state index contributed by atoms with van der Waals surface area (Å²) in [6.45, 7) is 12.1. The number of hydrogen-bond acceptors (Lipinski definition) is 3. The summed E-state index contributed by atoms with van der Waals surface area (Å²) in [7, 11) is 0. The fourth-order valence-corrected chi connectivity index (χ4v) is 2.19. The van der Waals surface area contributed by atoms with Gasteiger partial charge in [0.05, 0.1) is 6.61 Å². The lowest BCUT2D eigenvalue weighted by Crippen LogP contribution is -2.47. The molecule has 1 aliphatic heterocycles. The Morgan fingerprint density at radius 1 is 1.35 bits per heavy atom. The molecule has 3 nitrogen and oxygen atoms in total. The second kappa shape index (κ2) is 7.12. The third-order valence-corrected chi connectivity index (χ3v) is 3.82. The third-order valence-electron chi connectivity index (χ3n) is 3.82. The highest BCUT2D eigenvalue weighted by molar-refractivity contribution is 5.82. The van der Waals surface area contributed by atoms with Gasteiger partial charge in [-0.25, -0.2) is 0 Å². The first-order chi connectivity index (χ1) is 8.02. The number of carbonyl (C=O) groups is 1. The average Bonchev–Trinajstić information content (AvgIpc) is 2.28. The van der Waals surface area contributed by atoms with E-state index in [1.54, 1.807) is 0 Å². The Bertz CT molecular complexity index is 240. The first-order valence-electron chi connectivity index (χ1n) is 6.87. The van der Waals surface area contributed by atoms with Crippen molar-refractivity contribution in [3.63, 3.8) is 0 Å². The summed E-state index contributed by atoms with van der Waals surface area (Å²) >= 11 is 0. The van der Waals surface area contributed by atoms with E-state index in [0.717, 1.165) is 32.7 Å². The molecule has 1 aliphatic rings. The van der Waals surface area contributed by atoms with Crippen LogP contribution in [-0.4, -0.2) is 43.0 Å². The Labute approximate surface area is 106 Å². The van der Waals surface area contributed by atoms with E-state index in [4.69, 9.17) is 4.74 Å². The van der Waals surface area contributed by atoms with E-state index in [1.165, 1.54) is 0 Å². The number of carbonyl (C=O) groups excluding carboxylic acids is 1. The van der Waals surface area contributed by atoms with Crippen LogP contribution in [0.5, 0.6) is 0 Å². The molecule has 0 aromatic carbocycles. The average molecular weight is 241 g/mol. The maximum absolute atomic E-state index is 11.5. The molecule has 0 aromatic rings. The minimum atomic E-state index is 0.180. The summed E-state index contributed by atoms with van der Waals surface area (Å²) in [6.07, 6.45) is 1.84. The highest BCUT2D eigenvalue weighted by atomic mass is 16.5. The van der Waals surface area contributed by atoms with Gasteiger partial charge in [0.2, 0.25) is 0 Å². The molecular weight excluding hydrogens is 214 g/mol. The van der Waals surface area contributed by atoms with Crippen LogP contribution < -0.4 is 0 Å². The molecule has 0 aromatic heterocycles. The lowest BCUT2D eigenvalue weighted by atomic mass is 9.91. The van der Waals surface area contributed by atoms with Gasteiger partial charge < -0.3 is 4.74 Å². The third kappa shape index (κ3) is 4.76. The Morgan fingerprint density at radius 3 is 2.71 bits per heavy atom. The number of likely N-dealkylation sites (tertiary alicyclic amines) is 1. The largest absolute Gasteiger partial charge is 0.380 e. The van der Waals surface area contributed by atoms with Crippen LogP contribution in [0, 0.1) is 11.8 Å². The summed E-state index contributed by atoms with van der Waals surface area (Å²) in [5.41, 5.74) is 0. The zero-order valence-corrected chi connectivity index (χ0v) is 11.7. The number of ketones is 1. The minimum absolute atomic E-state index is 0.180. The smallest absolute Gasteiger partial charge is 0.138 e. The van der Waals surface area contributed by atoms with E-state index in [1.807, 2.05) is 6.92 Å². The molecule has 3 heteroatoms. The number of Topliss-reactive ketones (excluding diaryl/α,β-unsaturated/α-hetero) is 1. The van der Waals surface area contributed by atoms with Crippen LogP contribution in [0.25, 0.3) is 0 Å². The van der Waals surface area contributed by atoms with Crippen molar-refractivity contribution >= 4 is 5.78 Å². The van der Waals surface area contributed by atoms with Gasteiger partial charge >= 0.3 is 0 Å². The molecule has 0 amide bonds. The maximum Gasteiger partial charge on any atom is 0.138 e. The number of piperidine rings is 1. The molecule has 1 saturated heterocycles. The Balaban J connectivity index is 2.17. The van der Waals surface area contributed by atoms with Crippen molar-refractivity contribution in [3.8, 4) is 0 Å². The van der Waals surface area contributed by atoms with Gasteiger partial charge in [0.1, 0.15) is 5.78 Å². The van der Waals surface area contributed by atoms with Crippen molar-refractivity contribution in [2.75, 3.05) is 26.3 Å². The van der Waals surface area contributed by atoms with E-state index in [9.17, 15) is 4.79 Å². The molecule has 2 unspecified atom stereocenters. The maximum atomic E-state index is 11.5. The molecule has 100 valence electrons. The fraction of sp³-hybridized carbons (Fsp3) is 0.929. The summed E-state index contributed by atoms with van der Waals surface area (Å²) in [6, 6.07) is 0.366. The summed E-state index contributed by atoms with van der Waals surface area (Å²) in [5, 5.41) is 0. The van der Waals surface area contributed by atoms with Crippen molar-refractivity contribution in [2.45, 2.75) is 46.6 Å². The quantitative estimate of drug-likeness (QED) is 0.669. The predicted octanol–water partition coefficient (Wildman–Crippen LogP) is 2.35. The van der Waals surface area contributed by atoms with Crippen molar-refractivity contribution < 1.29 is 9.53 Å². The number of rotatable bonds is 6. The van der Waals surface area contributed by atoms with E-state index >= 15 is 0 Å². The highest BCUT2D eigenvalue weighted by Gasteiger charge is 2.30. The van der Waals surface area contributed by atoms with E-state index in [2.05, 4.69) is 25.7 Å². The van der Waals surface area contributed by atoms with Crippen LogP contribution in [0.4, 0.5) is 0 Å². The molecule has 2 atom stereocenters. The van der Waals surface area contributed by atoms with Crippen molar-refractivity contribution in [3.05, 3.63) is 0 Å². The summed E-state index contributed by atoms with van der Waals surface area (Å²) in [5.74, 6) is 1.30. The SMILES string of the molecule is CC(C)CCOCCN1CCC(=O)C(C)C1C. The van der Waals surface area contributed by atoms with Gasteiger partial charge in [-0.1, -0.05) is 20.8 Å². The number of nitrogens with zero attached hydrogens (tertiary/aromatic N) is 1. The standard InChI is InChI=1S/C14H27NO2/c1-11(2)6-9-17-10-8-15-7-5-14(16)12(3)13(15)4/h11-13H,5-10H2,1-4H3. The van der Waals surface area contributed by atoms with Gasteiger partial charge in [-0.15, -0.1) is 0 Å². The van der Waals surface area contributed by atoms with Gasteiger partial charge in [0, 0.05) is 38.1 Å². The Kier molecular flexibility index (Phi) is 6.14. The molecule has 1 heterocycles. The number of hydrogen-bond donors (Lipinski definition) is 0. The van der Waals surface area contributed by atoms with E-state index in [-0.39, 0.29) is 5.92 Å². The Hall–Kier alpha value is -0.410. The number of ether oxygens (including phenoxy) is 1. The van der Waals surface area contributed by atoms with Crippen LogP contribution in [0.3, 0.4) is 0 Å². The second-order valence-corrected chi connectivity index (χ2v) is 5.58. The zero-order chi connectivity index (χ0) is 12.8. The molecule has 0 spiro atoms. The van der Waals surface area contributed by atoms with Crippen LogP contribution in [0.1, 0.15) is 40.5 Å². The second-order valence-electron chi connectivity index (χ2n) is 5.58. The van der Waals surface area contributed by atoms with Crippen molar-refractivity contribution in [2.24, 2.45) is 11.8 Å². The highest BCUT2D eigenvalue weighted by Crippen LogP contribution is 2.19. The molecule has 0 bridgehead atoms. The van der Waals surface area contributed by atoms with Crippen LogP contribution in [0.15, 0.2) is 0 Å². The van der Waals surface area contributed by atoms with Crippen molar-refractivity contribution in [1.82, 2.24) is 4.90 Å². The Morgan fingerprint density at radius 2 is 2.06 bits per heavy atom. The summed E-state index contributed by atoms with van der Waals surface area (Å²) in [4.78, 5) is 13.9. The zero-order valence-electron chi connectivity index (χ0n) is 11.7.